The first kappa shape index (κ1) is 8.75. The predicted molar refractivity (Wildman–Crippen MR) is 53.7 cm³/mol. The van der Waals surface area contributed by atoms with Crippen molar-refractivity contribution in [2.45, 2.75) is 25.8 Å². The third kappa shape index (κ3) is 1.61. The van der Waals surface area contributed by atoms with E-state index in [0.717, 1.165) is 19.4 Å². The minimum Gasteiger partial charge on any atom is -0.335 e. The van der Waals surface area contributed by atoms with E-state index < -0.39 is 0 Å². The largest absolute Gasteiger partial charge is 0.335 e. The van der Waals surface area contributed by atoms with Crippen molar-refractivity contribution in [1.82, 2.24) is 4.90 Å². The maximum atomic E-state index is 11.3. The molecule has 0 N–H and O–H groups in total. The van der Waals surface area contributed by atoms with Crippen LogP contribution in [0.5, 0.6) is 0 Å². The Bertz CT molecular complexity index is 294. The number of rotatable bonds is 1. The molecule has 2 heterocycles. The first-order chi connectivity index (χ1) is 6.29. The Hall–Kier alpha value is -0.830. The number of hydrogen-bond acceptors (Lipinski definition) is 2. The zero-order valence-corrected chi connectivity index (χ0v) is 8.51. The third-order valence-electron chi connectivity index (χ3n) is 2.53. The lowest BCUT2D eigenvalue weighted by Gasteiger charge is -2.21. The van der Waals surface area contributed by atoms with Crippen molar-refractivity contribution in [3.05, 3.63) is 22.4 Å². The SMILES string of the molecule is CC(=O)N1CCC[C@H]1c1cccs1. The summed E-state index contributed by atoms with van der Waals surface area (Å²) >= 11 is 1.75. The lowest BCUT2D eigenvalue weighted by Crippen LogP contribution is -2.27. The standard InChI is InChI=1S/C10H13NOS/c1-8(12)11-6-2-4-9(11)10-5-3-7-13-10/h3,5,7,9H,2,4,6H2,1H3/t9-/m0/s1. The third-order valence-corrected chi connectivity index (χ3v) is 3.50. The molecule has 70 valence electrons. The maximum Gasteiger partial charge on any atom is 0.219 e. The first-order valence-electron chi connectivity index (χ1n) is 4.59. The minimum absolute atomic E-state index is 0.205. The van der Waals surface area contributed by atoms with Crippen LogP contribution < -0.4 is 0 Å². The van der Waals surface area contributed by atoms with E-state index >= 15 is 0 Å². The molecule has 13 heavy (non-hydrogen) atoms. The molecule has 3 heteroatoms. The van der Waals surface area contributed by atoms with Gasteiger partial charge in [-0.25, -0.2) is 0 Å². The zero-order chi connectivity index (χ0) is 9.26. The quantitative estimate of drug-likeness (QED) is 0.674. The smallest absolute Gasteiger partial charge is 0.219 e. The van der Waals surface area contributed by atoms with E-state index in [4.69, 9.17) is 0 Å². The van der Waals surface area contributed by atoms with E-state index in [0.29, 0.717) is 6.04 Å². The Morgan fingerprint density at radius 1 is 1.69 bits per heavy atom. The van der Waals surface area contributed by atoms with Gasteiger partial charge in [-0.1, -0.05) is 6.07 Å². The van der Waals surface area contributed by atoms with Gasteiger partial charge in [0.2, 0.25) is 5.91 Å². The van der Waals surface area contributed by atoms with Gasteiger partial charge in [-0.2, -0.15) is 0 Å². The number of thiophene rings is 1. The average Bonchev–Trinajstić information content (AvgIpc) is 2.74. The van der Waals surface area contributed by atoms with E-state index in [1.54, 1.807) is 18.3 Å². The van der Waals surface area contributed by atoms with Crippen molar-refractivity contribution in [3.8, 4) is 0 Å². The molecule has 1 aromatic rings. The molecular weight excluding hydrogens is 182 g/mol. The van der Waals surface area contributed by atoms with E-state index in [9.17, 15) is 4.79 Å². The summed E-state index contributed by atoms with van der Waals surface area (Å²) in [6, 6.07) is 4.53. The van der Waals surface area contributed by atoms with Gasteiger partial charge in [0, 0.05) is 18.3 Å². The predicted octanol–water partition coefficient (Wildman–Crippen LogP) is 2.43. The fourth-order valence-electron chi connectivity index (χ4n) is 1.92. The highest BCUT2D eigenvalue weighted by Crippen LogP contribution is 2.34. The van der Waals surface area contributed by atoms with Gasteiger partial charge in [0.15, 0.2) is 0 Å². The molecule has 0 saturated carbocycles. The fraction of sp³-hybridized carbons (Fsp3) is 0.500. The van der Waals surface area contributed by atoms with Crippen molar-refractivity contribution < 1.29 is 4.79 Å². The van der Waals surface area contributed by atoms with Crippen molar-refractivity contribution in [2.75, 3.05) is 6.54 Å². The van der Waals surface area contributed by atoms with Gasteiger partial charge in [-0.05, 0) is 24.3 Å². The summed E-state index contributed by atoms with van der Waals surface area (Å²) in [5.74, 6) is 0.205. The summed E-state index contributed by atoms with van der Waals surface area (Å²) in [6.45, 7) is 2.59. The van der Waals surface area contributed by atoms with Crippen LogP contribution in [0.3, 0.4) is 0 Å². The Labute approximate surface area is 82.2 Å². The highest BCUT2D eigenvalue weighted by molar-refractivity contribution is 7.10. The second-order valence-electron chi connectivity index (χ2n) is 3.39. The van der Waals surface area contributed by atoms with Crippen LogP contribution >= 0.6 is 11.3 Å². The van der Waals surface area contributed by atoms with Gasteiger partial charge < -0.3 is 4.90 Å². The van der Waals surface area contributed by atoms with Crippen LogP contribution in [0.4, 0.5) is 0 Å². The van der Waals surface area contributed by atoms with Crippen molar-refractivity contribution in [2.24, 2.45) is 0 Å². The second kappa shape index (κ2) is 3.50. The second-order valence-corrected chi connectivity index (χ2v) is 4.37. The van der Waals surface area contributed by atoms with Gasteiger partial charge in [0.25, 0.3) is 0 Å². The zero-order valence-electron chi connectivity index (χ0n) is 7.69. The Balaban J connectivity index is 2.19. The Morgan fingerprint density at radius 3 is 3.15 bits per heavy atom. The molecule has 0 radical (unpaired) electrons. The molecule has 0 unspecified atom stereocenters. The topological polar surface area (TPSA) is 20.3 Å². The molecule has 0 aromatic carbocycles. The van der Waals surface area contributed by atoms with E-state index in [2.05, 4.69) is 17.5 Å². The molecule has 1 aromatic heterocycles. The molecular formula is C10H13NOS. The number of amides is 1. The van der Waals surface area contributed by atoms with Crippen LogP contribution in [0.15, 0.2) is 17.5 Å². The monoisotopic (exact) mass is 195 g/mol. The fourth-order valence-corrected chi connectivity index (χ4v) is 2.79. The Morgan fingerprint density at radius 2 is 2.54 bits per heavy atom. The number of hydrogen-bond donors (Lipinski definition) is 0. The van der Waals surface area contributed by atoms with Crippen LogP contribution in [-0.4, -0.2) is 17.4 Å². The van der Waals surface area contributed by atoms with Crippen LogP contribution in [0.25, 0.3) is 0 Å². The van der Waals surface area contributed by atoms with Crippen LogP contribution in [0.2, 0.25) is 0 Å². The number of likely N-dealkylation sites (tertiary alicyclic amines) is 1. The summed E-state index contributed by atoms with van der Waals surface area (Å²) in [4.78, 5) is 14.6. The molecule has 2 nitrogen and oxygen atoms in total. The molecule has 0 bridgehead atoms. The molecule has 0 spiro atoms. The maximum absolute atomic E-state index is 11.3. The van der Waals surface area contributed by atoms with Gasteiger partial charge >= 0.3 is 0 Å². The number of nitrogens with zero attached hydrogens (tertiary/aromatic N) is 1. The van der Waals surface area contributed by atoms with Crippen LogP contribution in [-0.2, 0) is 4.79 Å². The number of carbonyl (C=O) groups is 1. The lowest BCUT2D eigenvalue weighted by atomic mass is 10.2. The van der Waals surface area contributed by atoms with Crippen LogP contribution in [0, 0.1) is 0 Å². The Kier molecular flexibility index (Phi) is 2.36. The van der Waals surface area contributed by atoms with Gasteiger partial charge in [-0.15, -0.1) is 11.3 Å². The van der Waals surface area contributed by atoms with E-state index in [-0.39, 0.29) is 5.91 Å². The molecule has 1 amide bonds. The molecule has 1 fully saturated rings. The van der Waals surface area contributed by atoms with Crippen LogP contribution in [0.1, 0.15) is 30.7 Å². The molecule has 1 atom stereocenters. The summed E-state index contributed by atoms with van der Waals surface area (Å²) in [5, 5.41) is 2.08. The number of carbonyl (C=O) groups excluding carboxylic acids is 1. The highest BCUT2D eigenvalue weighted by atomic mass is 32.1. The van der Waals surface area contributed by atoms with Crippen molar-refractivity contribution in [3.63, 3.8) is 0 Å². The van der Waals surface area contributed by atoms with Gasteiger partial charge in [0.1, 0.15) is 0 Å². The normalized spacial score (nSPS) is 22.2. The van der Waals surface area contributed by atoms with Crippen molar-refractivity contribution in [1.29, 1.82) is 0 Å². The van der Waals surface area contributed by atoms with Gasteiger partial charge in [-0.3, -0.25) is 4.79 Å². The average molecular weight is 195 g/mol. The van der Waals surface area contributed by atoms with E-state index in [1.807, 2.05) is 4.90 Å². The summed E-state index contributed by atoms with van der Waals surface area (Å²) in [6.07, 6.45) is 2.27. The van der Waals surface area contributed by atoms with Gasteiger partial charge in [0.05, 0.1) is 6.04 Å². The first-order valence-corrected chi connectivity index (χ1v) is 5.47. The summed E-state index contributed by atoms with van der Waals surface area (Å²) in [5.41, 5.74) is 0. The minimum atomic E-state index is 0.205. The summed E-state index contributed by atoms with van der Waals surface area (Å²) < 4.78 is 0. The molecule has 2 rings (SSSR count). The molecule has 1 saturated heterocycles. The molecule has 1 aliphatic heterocycles. The lowest BCUT2D eigenvalue weighted by molar-refractivity contribution is -0.129. The summed E-state index contributed by atoms with van der Waals surface area (Å²) in [7, 11) is 0. The van der Waals surface area contributed by atoms with E-state index in [1.165, 1.54) is 4.88 Å². The molecule has 0 aliphatic carbocycles. The van der Waals surface area contributed by atoms with Crippen molar-refractivity contribution >= 4 is 17.2 Å². The molecule has 1 aliphatic rings. The highest BCUT2D eigenvalue weighted by Gasteiger charge is 2.28.